The van der Waals surface area contributed by atoms with E-state index < -0.39 is 33.4 Å². The molecular formula is C40H40N2O12S. The lowest BCUT2D eigenvalue weighted by Gasteiger charge is -2.19. The second-order valence-electron chi connectivity index (χ2n) is 13.5. The van der Waals surface area contributed by atoms with Crippen LogP contribution < -0.4 is 28.4 Å². The number of benzene rings is 4. The molecule has 0 aliphatic rings. The topological polar surface area (TPSA) is 190 Å². The summed E-state index contributed by atoms with van der Waals surface area (Å²) in [6.45, 7) is 10.3. The van der Waals surface area contributed by atoms with Gasteiger partial charge in [-0.2, -0.15) is 10.5 Å². The second-order valence-corrected chi connectivity index (χ2v) is 15.5. The molecule has 0 saturated carbocycles. The number of hydrogen-bond donors (Lipinski definition) is 0. The minimum Gasteiger partial charge on any atom is -0.490 e. The van der Waals surface area contributed by atoms with Gasteiger partial charge in [-0.1, -0.05) is 0 Å². The summed E-state index contributed by atoms with van der Waals surface area (Å²) < 4.78 is 70.3. The van der Waals surface area contributed by atoms with E-state index in [1.165, 1.54) is 84.9 Å². The molecule has 288 valence electrons. The van der Waals surface area contributed by atoms with Crippen molar-refractivity contribution in [3.05, 3.63) is 96.1 Å². The summed E-state index contributed by atoms with van der Waals surface area (Å²) in [4.78, 5) is 24.4. The summed E-state index contributed by atoms with van der Waals surface area (Å²) in [5, 5.41) is 18.5. The fourth-order valence-corrected chi connectivity index (χ4v) is 5.72. The van der Waals surface area contributed by atoms with Gasteiger partial charge in [-0.15, -0.1) is 0 Å². The molecule has 4 rings (SSSR count). The molecule has 55 heavy (non-hydrogen) atoms. The fraction of sp³-hybridized carbons (Fsp3) is 0.300. The van der Waals surface area contributed by atoms with Gasteiger partial charge >= 0.3 is 12.3 Å². The first kappa shape index (κ1) is 41.3. The van der Waals surface area contributed by atoms with Gasteiger partial charge in [0.15, 0.2) is 23.0 Å². The minimum absolute atomic E-state index is 0.0120. The van der Waals surface area contributed by atoms with E-state index in [-0.39, 0.29) is 59.2 Å². The van der Waals surface area contributed by atoms with Crippen LogP contribution in [-0.4, -0.2) is 58.4 Å². The molecule has 0 amide bonds. The Balaban J connectivity index is 1.28. The lowest BCUT2D eigenvalue weighted by Crippen LogP contribution is -2.26. The van der Waals surface area contributed by atoms with E-state index in [9.17, 15) is 28.5 Å². The van der Waals surface area contributed by atoms with Gasteiger partial charge in [0.25, 0.3) is 0 Å². The molecule has 0 unspecified atom stereocenters. The first-order valence-corrected chi connectivity index (χ1v) is 18.3. The Morgan fingerprint density at radius 1 is 0.527 bits per heavy atom. The molecule has 0 fully saturated rings. The maximum Gasteiger partial charge on any atom is 0.514 e. The number of carbonyl (C=O) groups excluding carboxylic acids is 2. The van der Waals surface area contributed by atoms with Crippen molar-refractivity contribution in [2.75, 3.05) is 26.4 Å². The number of carbonyl (C=O) groups is 2. The van der Waals surface area contributed by atoms with Crippen molar-refractivity contribution in [1.29, 1.82) is 10.5 Å². The van der Waals surface area contributed by atoms with E-state index in [1.54, 1.807) is 41.5 Å². The van der Waals surface area contributed by atoms with E-state index in [2.05, 4.69) is 0 Å². The van der Waals surface area contributed by atoms with Crippen LogP contribution in [0, 0.1) is 22.7 Å². The Morgan fingerprint density at radius 3 is 1.20 bits per heavy atom. The van der Waals surface area contributed by atoms with Gasteiger partial charge in [-0.05, 0) is 114 Å². The quantitative estimate of drug-likeness (QED) is 0.0685. The van der Waals surface area contributed by atoms with E-state index in [1.807, 2.05) is 12.1 Å². The smallest absolute Gasteiger partial charge is 0.490 e. The lowest BCUT2D eigenvalue weighted by atomic mass is 10.2. The molecule has 0 N–H and O–H groups in total. The summed E-state index contributed by atoms with van der Waals surface area (Å²) in [7, 11) is -3.88. The molecule has 0 aromatic heterocycles. The number of sulfone groups is 1. The lowest BCUT2D eigenvalue weighted by molar-refractivity contribution is 0.0186. The molecule has 0 heterocycles. The molecule has 0 aliphatic heterocycles. The Bertz CT molecular complexity index is 2010. The number of nitrogens with zero attached hydrogens (tertiary/aromatic N) is 2. The van der Waals surface area contributed by atoms with Gasteiger partial charge in [-0.25, -0.2) is 18.0 Å². The zero-order valence-corrected chi connectivity index (χ0v) is 31.9. The summed E-state index contributed by atoms with van der Waals surface area (Å²) in [6.07, 6.45) is -1.85. The van der Waals surface area contributed by atoms with E-state index in [0.29, 0.717) is 22.6 Å². The number of ether oxygens (including phenoxy) is 8. The minimum atomic E-state index is -3.88. The number of rotatable bonds is 14. The fourth-order valence-electron chi connectivity index (χ4n) is 4.46. The van der Waals surface area contributed by atoms with Crippen LogP contribution >= 0.6 is 0 Å². The van der Waals surface area contributed by atoms with Crippen LogP contribution in [0.15, 0.2) is 94.7 Å². The Hall–Kier alpha value is -6.45. The van der Waals surface area contributed by atoms with Crippen molar-refractivity contribution in [2.45, 2.75) is 62.5 Å². The molecule has 4 aromatic carbocycles. The van der Waals surface area contributed by atoms with Gasteiger partial charge in [0.1, 0.15) is 49.1 Å². The molecule has 0 radical (unpaired) electrons. The van der Waals surface area contributed by atoms with Crippen LogP contribution in [-0.2, 0) is 19.3 Å². The van der Waals surface area contributed by atoms with E-state index in [0.717, 1.165) is 0 Å². The van der Waals surface area contributed by atoms with Crippen LogP contribution in [0.4, 0.5) is 9.59 Å². The zero-order chi connectivity index (χ0) is 40.2. The highest BCUT2D eigenvalue weighted by molar-refractivity contribution is 7.91. The first-order valence-electron chi connectivity index (χ1n) is 16.8. The third-order valence-electron chi connectivity index (χ3n) is 6.80. The molecule has 0 aliphatic carbocycles. The van der Waals surface area contributed by atoms with Crippen molar-refractivity contribution < 1.29 is 55.9 Å². The SMILES string of the molecule is CC(C)(C)OC(=O)Oc1ccc(C#N)cc1OCCOc1ccc(S(=O)(=O)c2ccc(OCCOc3cc(C#N)ccc3OC(=O)OC(C)(C)C)cc2)cc1. The molecule has 14 nitrogen and oxygen atoms in total. The third-order valence-corrected chi connectivity index (χ3v) is 8.58. The molecule has 0 spiro atoms. The standard InChI is InChI=1S/C40H40N2O12S/c1-39(2,3)53-37(43)51-33-17-7-27(25-41)23-35(33)49-21-19-47-29-9-13-31(14-10-29)55(45,46)32-15-11-30(12-16-32)48-20-22-50-36-24-28(26-42)8-18-34(36)52-38(44)54-40(4,5)6/h7-18,23-24H,19-22H2,1-6H3. The Labute approximate surface area is 319 Å². The van der Waals surface area contributed by atoms with Crippen molar-refractivity contribution in [3.63, 3.8) is 0 Å². The van der Waals surface area contributed by atoms with Crippen LogP contribution in [0.5, 0.6) is 34.5 Å². The molecule has 0 bridgehead atoms. The molecule has 0 saturated heterocycles. The van der Waals surface area contributed by atoms with Crippen LogP contribution in [0.25, 0.3) is 0 Å². The Morgan fingerprint density at radius 2 is 0.873 bits per heavy atom. The zero-order valence-electron chi connectivity index (χ0n) is 31.1. The average Bonchev–Trinajstić information content (AvgIpc) is 3.11. The average molecular weight is 773 g/mol. The van der Waals surface area contributed by atoms with Crippen LogP contribution in [0.1, 0.15) is 52.7 Å². The predicted molar refractivity (Wildman–Crippen MR) is 196 cm³/mol. The van der Waals surface area contributed by atoms with Crippen molar-refractivity contribution in [3.8, 4) is 46.6 Å². The maximum absolute atomic E-state index is 13.3. The van der Waals surface area contributed by atoms with Gasteiger partial charge in [-0.3, -0.25) is 0 Å². The largest absolute Gasteiger partial charge is 0.514 e. The highest BCUT2D eigenvalue weighted by Gasteiger charge is 2.22. The van der Waals surface area contributed by atoms with Crippen LogP contribution in [0.2, 0.25) is 0 Å². The molecule has 15 heteroatoms. The monoisotopic (exact) mass is 772 g/mol. The highest BCUT2D eigenvalue weighted by atomic mass is 32.2. The van der Waals surface area contributed by atoms with Crippen molar-refractivity contribution >= 4 is 22.1 Å². The predicted octanol–water partition coefficient (Wildman–Crippen LogP) is 7.81. The van der Waals surface area contributed by atoms with Gasteiger partial charge < -0.3 is 37.9 Å². The summed E-state index contributed by atoms with van der Waals surface area (Å²) in [5.41, 5.74) is -0.951. The van der Waals surface area contributed by atoms with E-state index >= 15 is 0 Å². The summed E-state index contributed by atoms with van der Waals surface area (Å²) in [6, 6.07) is 24.3. The van der Waals surface area contributed by atoms with Gasteiger partial charge in [0.05, 0.1) is 33.1 Å². The summed E-state index contributed by atoms with van der Waals surface area (Å²) >= 11 is 0. The normalized spacial score (nSPS) is 11.3. The van der Waals surface area contributed by atoms with Crippen LogP contribution in [0.3, 0.4) is 0 Å². The molecule has 4 aromatic rings. The number of hydrogen-bond acceptors (Lipinski definition) is 14. The van der Waals surface area contributed by atoms with Gasteiger partial charge in [0.2, 0.25) is 9.84 Å². The number of nitriles is 2. The van der Waals surface area contributed by atoms with Crippen molar-refractivity contribution in [1.82, 2.24) is 0 Å². The Kier molecular flexibility index (Phi) is 13.6. The van der Waals surface area contributed by atoms with Gasteiger partial charge in [0, 0.05) is 12.1 Å². The molecule has 0 atom stereocenters. The van der Waals surface area contributed by atoms with Crippen molar-refractivity contribution in [2.24, 2.45) is 0 Å². The molecular weight excluding hydrogens is 733 g/mol. The second kappa shape index (κ2) is 18.1. The summed E-state index contributed by atoms with van der Waals surface area (Å²) in [5.74, 6) is 1.18. The third kappa shape index (κ3) is 12.9. The van der Waals surface area contributed by atoms with E-state index in [4.69, 9.17) is 37.9 Å². The maximum atomic E-state index is 13.3. The highest BCUT2D eigenvalue weighted by Crippen LogP contribution is 2.31. The first-order chi connectivity index (χ1) is 26.0.